The molecule has 0 aromatic heterocycles. The fourth-order valence-electron chi connectivity index (χ4n) is 2.20. The number of hydrogen-bond donors (Lipinski definition) is 0. The monoisotopic (exact) mass is 322 g/mol. The highest BCUT2D eigenvalue weighted by atomic mass is 35.5. The number of carbonyl (C=O) groups excluding carboxylic acids is 2. The summed E-state index contributed by atoms with van der Waals surface area (Å²) in [6.07, 6.45) is 2.91. The van der Waals surface area contributed by atoms with Gasteiger partial charge in [-0.3, -0.25) is 4.79 Å². The predicted octanol–water partition coefficient (Wildman–Crippen LogP) is 2.65. The highest BCUT2D eigenvalue weighted by molar-refractivity contribution is 6.32. The number of halogens is 1. The molecule has 1 aromatic carbocycles. The molecule has 1 aromatic rings. The molecule has 2 amide bonds. The normalized spacial score (nSPS) is 15.2. The van der Waals surface area contributed by atoms with Crippen LogP contribution in [-0.4, -0.2) is 54.6 Å². The summed E-state index contributed by atoms with van der Waals surface area (Å²) in [5, 5.41) is 0.610. The fourth-order valence-corrected chi connectivity index (χ4v) is 2.40. The highest BCUT2D eigenvalue weighted by Crippen LogP contribution is 2.16. The number of benzene rings is 1. The van der Waals surface area contributed by atoms with E-state index in [4.69, 9.17) is 16.3 Å². The minimum atomic E-state index is -0.318. The number of hydrogen-bond acceptors (Lipinski definition) is 3. The molecule has 1 fully saturated rings. The van der Waals surface area contributed by atoms with Gasteiger partial charge in [0.15, 0.2) is 0 Å². The predicted molar refractivity (Wildman–Crippen MR) is 85.7 cm³/mol. The lowest BCUT2D eigenvalue weighted by Crippen LogP contribution is -2.50. The van der Waals surface area contributed by atoms with Crippen LogP contribution in [0.15, 0.2) is 30.3 Å². The van der Waals surface area contributed by atoms with Gasteiger partial charge in [0.25, 0.3) is 0 Å². The van der Waals surface area contributed by atoms with Gasteiger partial charge in [0.2, 0.25) is 5.91 Å². The number of ether oxygens (including phenoxy) is 1. The van der Waals surface area contributed by atoms with Gasteiger partial charge in [-0.15, -0.1) is 0 Å². The molecule has 5 nitrogen and oxygen atoms in total. The third-order valence-electron chi connectivity index (χ3n) is 3.43. The Morgan fingerprint density at radius 2 is 1.82 bits per heavy atom. The van der Waals surface area contributed by atoms with Crippen LogP contribution in [0.25, 0.3) is 6.08 Å². The van der Waals surface area contributed by atoms with Gasteiger partial charge in [-0.05, 0) is 24.6 Å². The maximum absolute atomic E-state index is 12.1. The maximum atomic E-state index is 12.1. The molecule has 0 atom stereocenters. The first kappa shape index (κ1) is 16.4. The van der Waals surface area contributed by atoms with Crippen LogP contribution in [0.1, 0.15) is 12.5 Å². The molecule has 1 aliphatic heterocycles. The van der Waals surface area contributed by atoms with Crippen molar-refractivity contribution >= 4 is 29.7 Å². The van der Waals surface area contributed by atoms with Crippen molar-refractivity contribution in [3.8, 4) is 0 Å². The molecule has 0 radical (unpaired) electrons. The first-order valence-electron chi connectivity index (χ1n) is 7.25. The number of nitrogens with zero attached hydrogens (tertiary/aromatic N) is 2. The van der Waals surface area contributed by atoms with Gasteiger partial charge >= 0.3 is 6.09 Å². The van der Waals surface area contributed by atoms with Gasteiger partial charge in [0.05, 0.1) is 6.61 Å². The van der Waals surface area contributed by atoms with Gasteiger partial charge in [-0.2, -0.15) is 0 Å². The Labute approximate surface area is 135 Å². The Kier molecular flexibility index (Phi) is 5.83. The summed E-state index contributed by atoms with van der Waals surface area (Å²) in [5.41, 5.74) is 0.808. The van der Waals surface area contributed by atoms with Crippen molar-refractivity contribution in [1.29, 1.82) is 0 Å². The molecule has 0 unspecified atom stereocenters. The zero-order valence-electron chi connectivity index (χ0n) is 12.5. The van der Waals surface area contributed by atoms with Crippen LogP contribution in [0, 0.1) is 0 Å². The van der Waals surface area contributed by atoms with Crippen LogP contribution in [0.5, 0.6) is 0 Å². The lowest BCUT2D eigenvalue weighted by Gasteiger charge is -2.33. The molecule has 6 heteroatoms. The first-order chi connectivity index (χ1) is 10.6. The third-order valence-corrected chi connectivity index (χ3v) is 3.77. The summed E-state index contributed by atoms with van der Waals surface area (Å²) in [6, 6.07) is 7.35. The van der Waals surface area contributed by atoms with Crippen LogP contribution in [-0.2, 0) is 9.53 Å². The molecule has 1 aliphatic rings. The summed E-state index contributed by atoms with van der Waals surface area (Å²) < 4.78 is 4.95. The third kappa shape index (κ3) is 4.24. The molecular weight excluding hydrogens is 304 g/mol. The van der Waals surface area contributed by atoms with Crippen molar-refractivity contribution < 1.29 is 14.3 Å². The van der Waals surface area contributed by atoms with Crippen LogP contribution < -0.4 is 0 Å². The van der Waals surface area contributed by atoms with E-state index in [9.17, 15) is 9.59 Å². The first-order valence-corrected chi connectivity index (χ1v) is 7.63. The van der Waals surface area contributed by atoms with Crippen LogP contribution >= 0.6 is 11.6 Å². The minimum Gasteiger partial charge on any atom is -0.450 e. The maximum Gasteiger partial charge on any atom is 0.409 e. The molecule has 0 spiro atoms. The largest absolute Gasteiger partial charge is 0.450 e. The lowest BCUT2D eigenvalue weighted by atomic mass is 10.2. The van der Waals surface area contributed by atoms with Crippen LogP contribution in [0.3, 0.4) is 0 Å². The number of piperazine rings is 1. The van der Waals surface area contributed by atoms with Gasteiger partial charge < -0.3 is 14.5 Å². The molecule has 22 heavy (non-hydrogen) atoms. The van der Waals surface area contributed by atoms with Crippen molar-refractivity contribution in [3.05, 3.63) is 40.9 Å². The second-order valence-corrected chi connectivity index (χ2v) is 5.27. The Bertz CT molecular complexity index is 566. The Morgan fingerprint density at radius 3 is 2.45 bits per heavy atom. The zero-order chi connectivity index (χ0) is 15.9. The average Bonchev–Trinajstić information content (AvgIpc) is 2.54. The standard InChI is InChI=1S/C16H19ClN2O3/c1-2-22-16(21)19-11-9-18(10-12-19)15(20)8-7-13-5-3-4-6-14(13)17/h3-8H,2,9-12H2,1H3/b8-7+. The minimum absolute atomic E-state index is 0.0802. The summed E-state index contributed by atoms with van der Waals surface area (Å²) in [5.74, 6) is -0.0802. The van der Waals surface area contributed by atoms with Crippen molar-refractivity contribution in [1.82, 2.24) is 9.80 Å². The summed E-state index contributed by atoms with van der Waals surface area (Å²) >= 11 is 6.04. The van der Waals surface area contributed by atoms with Gasteiger partial charge in [0, 0.05) is 37.3 Å². The Morgan fingerprint density at radius 1 is 1.18 bits per heavy atom. The van der Waals surface area contributed by atoms with E-state index in [0.717, 1.165) is 5.56 Å². The molecule has 118 valence electrons. The van der Waals surface area contributed by atoms with Gasteiger partial charge in [0.1, 0.15) is 0 Å². The number of rotatable bonds is 3. The van der Waals surface area contributed by atoms with Crippen LogP contribution in [0.4, 0.5) is 4.79 Å². The zero-order valence-corrected chi connectivity index (χ0v) is 13.3. The number of carbonyl (C=O) groups is 2. The van der Waals surface area contributed by atoms with Gasteiger partial charge in [-0.1, -0.05) is 29.8 Å². The van der Waals surface area contributed by atoms with Crippen LogP contribution in [0.2, 0.25) is 5.02 Å². The van der Waals surface area contributed by atoms with Gasteiger partial charge in [-0.25, -0.2) is 4.79 Å². The van der Waals surface area contributed by atoms with E-state index in [2.05, 4.69) is 0 Å². The van der Waals surface area contributed by atoms with Crippen molar-refractivity contribution in [3.63, 3.8) is 0 Å². The molecule has 0 N–H and O–H groups in total. The van der Waals surface area contributed by atoms with E-state index in [1.165, 1.54) is 6.08 Å². The summed E-state index contributed by atoms with van der Waals surface area (Å²) in [4.78, 5) is 27.1. The van der Waals surface area contributed by atoms with E-state index >= 15 is 0 Å². The second-order valence-electron chi connectivity index (χ2n) is 4.87. The van der Waals surface area contributed by atoms with Crippen molar-refractivity contribution in [2.24, 2.45) is 0 Å². The van der Waals surface area contributed by atoms with E-state index in [1.54, 1.807) is 28.9 Å². The highest BCUT2D eigenvalue weighted by Gasteiger charge is 2.23. The van der Waals surface area contributed by atoms with E-state index in [1.807, 2.05) is 18.2 Å². The Hall–Kier alpha value is -2.01. The topological polar surface area (TPSA) is 49.9 Å². The smallest absolute Gasteiger partial charge is 0.409 e. The SMILES string of the molecule is CCOC(=O)N1CCN(C(=O)/C=C/c2ccccc2Cl)CC1. The average molecular weight is 323 g/mol. The van der Waals surface area contributed by atoms with Crippen molar-refractivity contribution in [2.45, 2.75) is 6.92 Å². The molecular formula is C16H19ClN2O3. The van der Waals surface area contributed by atoms with Crippen molar-refractivity contribution in [2.75, 3.05) is 32.8 Å². The second kappa shape index (κ2) is 7.84. The van der Waals surface area contributed by atoms with E-state index in [0.29, 0.717) is 37.8 Å². The molecule has 2 rings (SSSR count). The molecule has 0 aliphatic carbocycles. The summed E-state index contributed by atoms with van der Waals surface area (Å²) in [6.45, 7) is 4.12. The molecule has 1 heterocycles. The lowest BCUT2D eigenvalue weighted by molar-refractivity contribution is -0.127. The molecule has 0 saturated carbocycles. The molecule has 0 bridgehead atoms. The van der Waals surface area contributed by atoms with E-state index < -0.39 is 0 Å². The summed E-state index contributed by atoms with van der Waals surface area (Å²) in [7, 11) is 0. The fraction of sp³-hybridized carbons (Fsp3) is 0.375. The quantitative estimate of drug-likeness (QED) is 0.804. The van der Waals surface area contributed by atoms with E-state index in [-0.39, 0.29) is 12.0 Å². The molecule has 1 saturated heterocycles. The number of amides is 2. The Balaban J connectivity index is 1.88.